The smallest absolute Gasteiger partial charge is 0.308 e. The summed E-state index contributed by atoms with van der Waals surface area (Å²) in [5.74, 6) is -1.01. The van der Waals surface area contributed by atoms with E-state index in [-0.39, 0.29) is 19.1 Å². The number of aliphatic carboxylic acids is 1. The Balaban J connectivity index is 2.15. The number of carboxylic acids is 1. The van der Waals surface area contributed by atoms with Crippen molar-refractivity contribution >= 4 is 33.9 Å². The van der Waals surface area contributed by atoms with Crippen molar-refractivity contribution in [3.63, 3.8) is 0 Å². The van der Waals surface area contributed by atoms with Crippen molar-refractivity contribution in [2.45, 2.75) is 6.92 Å². The standard InChI is InChI=1S/C15H16BrNO4/c1-9(15(19)20)7-17(2)14(18)11-5-10-6-12(16)3-4-13(10)21-8-11/h3-6,9H,7-8H2,1-2H3,(H,19,20). The molecule has 0 aliphatic carbocycles. The van der Waals surface area contributed by atoms with Crippen molar-refractivity contribution in [1.29, 1.82) is 0 Å². The van der Waals surface area contributed by atoms with Crippen LogP contribution in [0.5, 0.6) is 5.75 Å². The summed E-state index contributed by atoms with van der Waals surface area (Å²) in [5, 5.41) is 8.90. The van der Waals surface area contributed by atoms with Gasteiger partial charge in [-0.3, -0.25) is 9.59 Å². The number of rotatable bonds is 4. The summed E-state index contributed by atoms with van der Waals surface area (Å²) in [7, 11) is 1.60. The first-order chi connectivity index (χ1) is 9.88. The van der Waals surface area contributed by atoms with E-state index in [1.807, 2.05) is 18.2 Å². The molecule has 1 heterocycles. The van der Waals surface area contributed by atoms with Crippen LogP contribution < -0.4 is 4.74 Å². The average Bonchev–Trinajstić information content (AvgIpc) is 2.45. The van der Waals surface area contributed by atoms with Crippen LogP contribution in [0.1, 0.15) is 12.5 Å². The Bertz CT molecular complexity index is 612. The maximum atomic E-state index is 12.3. The number of fused-ring (bicyclic) bond motifs is 1. The predicted octanol–water partition coefficient (Wildman–Crippen LogP) is 2.40. The Labute approximate surface area is 131 Å². The van der Waals surface area contributed by atoms with E-state index in [9.17, 15) is 9.59 Å². The molecule has 0 bridgehead atoms. The summed E-state index contributed by atoms with van der Waals surface area (Å²) in [6, 6.07) is 5.59. The lowest BCUT2D eigenvalue weighted by atomic mass is 10.1. The molecule has 0 saturated carbocycles. The molecule has 1 aliphatic rings. The van der Waals surface area contributed by atoms with Crippen LogP contribution >= 0.6 is 15.9 Å². The summed E-state index contributed by atoms with van der Waals surface area (Å²) in [5.41, 5.74) is 1.35. The second-order valence-corrected chi connectivity index (χ2v) is 5.98. The number of carbonyl (C=O) groups excluding carboxylic acids is 1. The molecule has 1 unspecified atom stereocenters. The first-order valence-corrected chi connectivity index (χ1v) is 7.29. The number of ether oxygens (including phenoxy) is 1. The number of hydrogen-bond donors (Lipinski definition) is 1. The topological polar surface area (TPSA) is 66.8 Å². The molecule has 0 aromatic heterocycles. The zero-order chi connectivity index (χ0) is 15.6. The molecule has 21 heavy (non-hydrogen) atoms. The van der Waals surface area contributed by atoms with Gasteiger partial charge in [0.2, 0.25) is 0 Å². The van der Waals surface area contributed by atoms with Crippen molar-refractivity contribution in [2.75, 3.05) is 20.2 Å². The van der Waals surface area contributed by atoms with Crippen LogP contribution in [0.4, 0.5) is 0 Å². The van der Waals surface area contributed by atoms with E-state index in [0.717, 1.165) is 15.8 Å². The highest BCUT2D eigenvalue weighted by Gasteiger charge is 2.23. The van der Waals surface area contributed by atoms with Gasteiger partial charge in [-0.2, -0.15) is 0 Å². The van der Waals surface area contributed by atoms with Crippen LogP contribution in [0.15, 0.2) is 28.2 Å². The van der Waals surface area contributed by atoms with Gasteiger partial charge in [-0.1, -0.05) is 22.9 Å². The second-order valence-electron chi connectivity index (χ2n) is 5.07. The highest BCUT2D eigenvalue weighted by Crippen LogP contribution is 2.29. The van der Waals surface area contributed by atoms with Crippen LogP contribution in [0.2, 0.25) is 0 Å². The van der Waals surface area contributed by atoms with Crippen molar-refractivity contribution in [1.82, 2.24) is 4.90 Å². The van der Waals surface area contributed by atoms with E-state index in [1.54, 1.807) is 20.0 Å². The number of halogens is 1. The first kappa shape index (κ1) is 15.6. The van der Waals surface area contributed by atoms with Gasteiger partial charge in [-0.25, -0.2) is 0 Å². The second kappa shape index (κ2) is 6.30. The Morgan fingerprint density at radius 3 is 2.86 bits per heavy atom. The molecule has 112 valence electrons. The summed E-state index contributed by atoms with van der Waals surface area (Å²) >= 11 is 3.38. The van der Waals surface area contributed by atoms with Gasteiger partial charge in [-0.05, 0) is 24.3 Å². The van der Waals surface area contributed by atoms with E-state index in [1.165, 1.54) is 4.90 Å². The number of carboxylic acid groups (broad SMARTS) is 1. The quantitative estimate of drug-likeness (QED) is 0.902. The normalized spacial score (nSPS) is 14.5. The summed E-state index contributed by atoms with van der Waals surface area (Å²) in [4.78, 5) is 24.6. The third-order valence-electron chi connectivity index (χ3n) is 3.28. The fourth-order valence-corrected chi connectivity index (χ4v) is 2.47. The molecule has 6 heteroatoms. The molecule has 1 atom stereocenters. The Morgan fingerprint density at radius 1 is 1.48 bits per heavy atom. The predicted molar refractivity (Wildman–Crippen MR) is 82.1 cm³/mol. The Hall–Kier alpha value is -1.82. The lowest BCUT2D eigenvalue weighted by Gasteiger charge is -2.23. The largest absolute Gasteiger partial charge is 0.488 e. The maximum absolute atomic E-state index is 12.3. The Kier molecular flexibility index (Phi) is 4.67. The summed E-state index contributed by atoms with van der Waals surface area (Å²) in [6.45, 7) is 1.93. The molecule has 2 rings (SSSR count). The van der Waals surface area contributed by atoms with Crippen molar-refractivity contribution in [3.05, 3.63) is 33.8 Å². The third kappa shape index (κ3) is 3.64. The molecule has 0 radical (unpaired) electrons. The molecule has 0 fully saturated rings. The number of carbonyl (C=O) groups is 2. The fourth-order valence-electron chi connectivity index (χ4n) is 2.09. The molecule has 1 aliphatic heterocycles. The van der Waals surface area contributed by atoms with Gasteiger partial charge in [0.05, 0.1) is 11.5 Å². The van der Waals surface area contributed by atoms with E-state index in [0.29, 0.717) is 5.57 Å². The number of benzene rings is 1. The number of nitrogens with zero attached hydrogens (tertiary/aromatic N) is 1. The van der Waals surface area contributed by atoms with Gasteiger partial charge in [0.1, 0.15) is 12.4 Å². The Morgan fingerprint density at radius 2 is 2.19 bits per heavy atom. The minimum absolute atomic E-state index is 0.164. The molecule has 1 N–H and O–H groups in total. The van der Waals surface area contributed by atoms with Crippen LogP contribution in [-0.4, -0.2) is 42.1 Å². The van der Waals surface area contributed by atoms with Gasteiger partial charge in [-0.15, -0.1) is 0 Å². The van der Waals surface area contributed by atoms with Gasteiger partial charge in [0.25, 0.3) is 5.91 Å². The number of likely N-dealkylation sites (N-methyl/N-ethyl adjacent to an activating group) is 1. The summed E-state index contributed by atoms with van der Waals surface area (Å²) in [6.07, 6.45) is 1.79. The fraction of sp³-hybridized carbons (Fsp3) is 0.333. The van der Waals surface area contributed by atoms with Gasteiger partial charge in [0.15, 0.2) is 0 Å². The molecule has 0 spiro atoms. The minimum Gasteiger partial charge on any atom is -0.488 e. The molecular weight excluding hydrogens is 338 g/mol. The SMILES string of the molecule is CC(CN(C)C(=O)C1=Cc2cc(Br)ccc2OC1)C(=O)O. The van der Waals surface area contributed by atoms with E-state index >= 15 is 0 Å². The van der Waals surface area contributed by atoms with Crippen molar-refractivity contribution in [3.8, 4) is 5.75 Å². The van der Waals surface area contributed by atoms with Gasteiger partial charge < -0.3 is 14.7 Å². The molecule has 0 saturated heterocycles. The van der Waals surface area contributed by atoms with E-state index < -0.39 is 11.9 Å². The lowest BCUT2D eigenvalue weighted by molar-refractivity contribution is -0.142. The zero-order valence-electron chi connectivity index (χ0n) is 11.8. The van der Waals surface area contributed by atoms with Crippen LogP contribution in [0, 0.1) is 5.92 Å². The third-order valence-corrected chi connectivity index (χ3v) is 3.77. The molecule has 5 nitrogen and oxygen atoms in total. The van der Waals surface area contributed by atoms with Gasteiger partial charge in [0, 0.05) is 23.6 Å². The molecule has 1 amide bonds. The molecular formula is C15H16BrNO4. The number of amides is 1. The van der Waals surface area contributed by atoms with Crippen LogP contribution in [0.3, 0.4) is 0 Å². The highest BCUT2D eigenvalue weighted by molar-refractivity contribution is 9.10. The first-order valence-electron chi connectivity index (χ1n) is 6.49. The minimum atomic E-state index is -0.919. The van der Waals surface area contributed by atoms with Crippen LogP contribution in [0.25, 0.3) is 6.08 Å². The van der Waals surface area contributed by atoms with Crippen molar-refractivity contribution in [2.24, 2.45) is 5.92 Å². The van der Waals surface area contributed by atoms with E-state index in [2.05, 4.69) is 15.9 Å². The molecule has 1 aromatic rings. The zero-order valence-corrected chi connectivity index (χ0v) is 13.4. The highest BCUT2D eigenvalue weighted by atomic mass is 79.9. The monoisotopic (exact) mass is 353 g/mol. The van der Waals surface area contributed by atoms with Crippen LogP contribution in [-0.2, 0) is 9.59 Å². The number of hydrogen-bond acceptors (Lipinski definition) is 3. The maximum Gasteiger partial charge on any atom is 0.308 e. The lowest BCUT2D eigenvalue weighted by Crippen LogP contribution is -2.36. The van der Waals surface area contributed by atoms with Gasteiger partial charge >= 0.3 is 5.97 Å². The average molecular weight is 354 g/mol. The van der Waals surface area contributed by atoms with E-state index in [4.69, 9.17) is 9.84 Å². The summed E-state index contributed by atoms with van der Waals surface area (Å²) < 4.78 is 6.47. The van der Waals surface area contributed by atoms with Crippen molar-refractivity contribution < 1.29 is 19.4 Å². The molecule has 1 aromatic carbocycles.